The van der Waals surface area contributed by atoms with Gasteiger partial charge >= 0.3 is 0 Å². The maximum Gasteiger partial charge on any atom is 0.223 e. The number of rotatable bonds is 0. The summed E-state index contributed by atoms with van der Waals surface area (Å²) in [6, 6.07) is 3.78. The lowest BCUT2D eigenvalue weighted by atomic mass is 10.2. The standard InChI is InChI=1S/C6H9N.6C5H7NO.3C4H6N2O.CH4/c1-5-3-6(2)7-4-5;2*1-4-3-7-5(2)6-4;2*1-4-3-6-5(2)7-4;2*1-4-3-5(2)7-6-4;1-3-5-6-4(2)7-3;2*1-3-5-4(2)7-6-3;/h4H,3H2,1-2H3;6*3H,1-2H3;3*1-2H3;1H4. The Morgan fingerprint density at radius 1 is 0.380 bits per heavy atom. The molecule has 22 heteroatoms. The van der Waals surface area contributed by atoms with Gasteiger partial charge in [0.15, 0.2) is 35.2 Å². The first-order valence-electron chi connectivity index (χ1n) is 21.7. The van der Waals surface area contributed by atoms with Crippen molar-refractivity contribution in [2.24, 2.45) is 4.99 Å². The molecule has 0 saturated carbocycles. The van der Waals surface area contributed by atoms with Crippen LogP contribution in [0.15, 0.2) is 94.0 Å². The Hall–Kier alpha value is -7.91. The van der Waals surface area contributed by atoms with E-state index in [0.717, 1.165) is 75.8 Å². The second kappa shape index (κ2) is 34.4. The van der Waals surface area contributed by atoms with Crippen LogP contribution in [0.25, 0.3) is 0 Å². The van der Waals surface area contributed by atoms with Gasteiger partial charge in [-0.25, -0.2) is 19.9 Å². The van der Waals surface area contributed by atoms with Gasteiger partial charge in [0, 0.05) is 85.9 Å². The van der Waals surface area contributed by atoms with Gasteiger partial charge in [-0.2, -0.15) is 9.97 Å². The van der Waals surface area contributed by atoms with Gasteiger partial charge in [0.05, 0.1) is 35.2 Å². The van der Waals surface area contributed by atoms with E-state index >= 15 is 0 Å². The molecule has 1 aliphatic heterocycles. The molecule has 0 atom stereocenters. The molecule has 0 N–H and O–H groups in total. The quantitative estimate of drug-likeness (QED) is 0.136. The van der Waals surface area contributed by atoms with Gasteiger partial charge < -0.3 is 40.2 Å². The predicted molar refractivity (Wildman–Crippen MR) is 265 cm³/mol. The highest BCUT2D eigenvalue weighted by Gasteiger charge is 1.98. The summed E-state index contributed by atoms with van der Waals surface area (Å²) in [6.07, 6.45) is 9.69. The Labute approximate surface area is 416 Å². The number of aromatic nitrogens is 12. The minimum atomic E-state index is 0. The average molecular weight is 988 g/mol. The van der Waals surface area contributed by atoms with Crippen LogP contribution in [0.5, 0.6) is 0 Å². The lowest BCUT2D eigenvalue weighted by molar-refractivity contribution is 0.389. The van der Waals surface area contributed by atoms with Crippen molar-refractivity contribution in [1.29, 1.82) is 0 Å². The number of allylic oxidation sites excluding steroid dienone is 1. The van der Waals surface area contributed by atoms with Crippen LogP contribution in [-0.4, -0.2) is 66.4 Å². The van der Waals surface area contributed by atoms with Gasteiger partial charge in [-0.3, -0.25) is 4.99 Å². The van der Waals surface area contributed by atoms with E-state index in [9.17, 15) is 0 Å². The van der Waals surface area contributed by atoms with Gasteiger partial charge in [0.1, 0.15) is 35.6 Å². The van der Waals surface area contributed by atoms with Crippen LogP contribution >= 0.6 is 0 Å². The molecule has 0 aromatic carbocycles. The van der Waals surface area contributed by atoms with Crippen LogP contribution < -0.4 is 0 Å². The topological polar surface area (TPSA) is 285 Å². The van der Waals surface area contributed by atoms with Crippen molar-refractivity contribution < 1.29 is 40.2 Å². The van der Waals surface area contributed by atoms with Crippen LogP contribution in [0.2, 0.25) is 0 Å². The first-order valence-corrected chi connectivity index (χ1v) is 21.7. The first-order chi connectivity index (χ1) is 32.9. The largest absolute Gasteiger partial charge is 0.449 e. The monoisotopic (exact) mass is 988 g/mol. The average Bonchev–Trinajstić information content (AvgIpc) is 4.14. The van der Waals surface area contributed by atoms with Crippen molar-refractivity contribution in [1.82, 2.24) is 60.7 Å². The Balaban J connectivity index is 0.000000766. The minimum Gasteiger partial charge on any atom is -0.449 e. The number of nitrogens with zero attached hydrogens (tertiary/aromatic N) is 13. The van der Waals surface area contributed by atoms with E-state index in [1.165, 1.54) is 11.3 Å². The molecule has 0 radical (unpaired) electrons. The highest BCUT2D eigenvalue weighted by molar-refractivity contribution is 5.86. The van der Waals surface area contributed by atoms with E-state index in [1.807, 2.05) is 108 Å². The number of aliphatic imine (C=N–C) groups is 1. The molecule has 0 aliphatic carbocycles. The van der Waals surface area contributed by atoms with Crippen LogP contribution in [-0.2, 0) is 0 Å². The fourth-order valence-electron chi connectivity index (χ4n) is 4.77. The third kappa shape index (κ3) is 33.3. The number of oxazole rings is 4. The van der Waals surface area contributed by atoms with Crippen molar-refractivity contribution in [2.45, 2.75) is 152 Å². The molecule has 10 rings (SSSR count). The molecule has 71 heavy (non-hydrogen) atoms. The molecule has 9 aromatic rings. The Morgan fingerprint density at radius 3 is 0.859 bits per heavy atom. The Kier molecular flexibility index (Phi) is 30.6. The molecule has 1 aliphatic rings. The lowest BCUT2D eigenvalue weighted by Gasteiger charge is -1.84. The van der Waals surface area contributed by atoms with Crippen LogP contribution in [0.4, 0.5) is 0 Å². The smallest absolute Gasteiger partial charge is 0.223 e. The molecule has 0 saturated heterocycles. The van der Waals surface area contributed by atoms with Crippen molar-refractivity contribution in [2.75, 3.05) is 0 Å². The SMILES string of the molecule is C.CC1=CN=C(C)C1.Cc1cc(C)on1.Cc1cc(C)on1.Cc1cnc(C)o1.Cc1cnc(C)o1.Cc1coc(C)n1.Cc1coc(C)n1.Cc1nnc(C)o1.Cc1noc(C)n1.Cc1noc(C)n1. The van der Waals surface area contributed by atoms with Gasteiger partial charge in [-0.15, -0.1) is 10.2 Å². The molecule has 0 fully saturated rings. The predicted octanol–water partition coefficient (Wildman–Crippen LogP) is 12.2. The molecule has 388 valence electrons. The molecular weight excluding hydrogens is 915 g/mol. The summed E-state index contributed by atoms with van der Waals surface area (Å²) >= 11 is 0. The van der Waals surface area contributed by atoms with E-state index in [0.29, 0.717) is 35.2 Å². The zero-order valence-electron chi connectivity index (χ0n) is 44.2. The van der Waals surface area contributed by atoms with Gasteiger partial charge in [-0.1, -0.05) is 28.1 Å². The zero-order valence-corrected chi connectivity index (χ0v) is 44.2. The van der Waals surface area contributed by atoms with Gasteiger partial charge in [-0.05, 0) is 88.7 Å². The molecular formula is C49H73N13O9. The summed E-state index contributed by atoms with van der Waals surface area (Å²) in [4.78, 5) is 27.3. The third-order valence-corrected chi connectivity index (χ3v) is 7.36. The van der Waals surface area contributed by atoms with E-state index in [2.05, 4.69) is 81.7 Å². The van der Waals surface area contributed by atoms with E-state index in [4.69, 9.17) is 31.1 Å². The second-order valence-electron chi connectivity index (χ2n) is 15.2. The molecule has 0 spiro atoms. The van der Waals surface area contributed by atoms with Crippen LogP contribution in [0.3, 0.4) is 0 Å². The molecule has 9 aromatic heterocycles. The van der Waals surface area contributed by atoms with Crippen molar-refractivity contribution in [3.63, 3.8) is 0 Å². The molecule has 22 nitrogen and oxygen atoms in total. The summed E-state index contributed by atoms with van der Waals surface area (Å²) in [7, 11) is 0. The summed E-state index contributed by atoms with van der Waals surface area (Å²) in [5.41, 5.74) is 6.38. The van der Waals surface area contributed by atoms with Crippen molar-refractivity contribution in [3.8, 4) is 0 Å². The van der Waals surface area contributed by atoms with E-state index < -0.39 is 0 Å². The first kappa shape index (κ1) is 63.1. The Bertz CT molecular complexity index is 2100. The number of hydrogen-bond acceptors (Lipinski definition) is 22. The highest BCUT2D eigenvalue weighted by atomic mass is 16.5. The molecule has 0 unspecified atom stereocenters. The normalized spacial score (nSPS) is 10.3. The number of hydrogen-bond donors (Lipinski definition) is 0. The fourth-order valence-corrected chi connectivity index (χ4v) is 4.77. The van der Waals surface area contributed by atoms with Gasteiger partial charge in [0.2, 0.25) is 23.6 Å². The van der Waals surface area contributed by atoms with Crippen molar-refractivity contribution in [3.05, 3.63) is 153 Å². The molecule has 0 amide bonds. The minimum absolute atomic E-state index is 0. The van der Waals surface area contributed by atoms with Crippen LogP contribution in [0, 0.1) is 125 Å². The maximum absolute atomic E-state index is 4.97. The fraction of sp³-hybridized carbons (Fsp3) is 0.449. The zero-order chi connectivity index (χ0) is 52.8. The summed E-state index contributed by atoms with van der Waals surface area (Å²) in [5.74, 6) is 10.3. The lowest BCUT2D eigenvalue weighted by Crippen LogP contribution is -1.82. The van der Waals surface area contributed by atoms with Gasteiger partial charge in [0.25, 0.3) is 0 Å². The van der Waals surface area contributed by atoms with E-state index in [1.54, 1.807) is 66.5 Å². The molecule has 0 bridgehead atoms. The molecule has 10 heterocycles. The summed E-state index contributed by atoms with van der Waals surface area (Å²) < 4.78 is 43.1. The highest BCUT2D eigenvalue weighted by Crippen LogP contribution is 2.08. The summed E-state index contributed by atoms with van der Waals surface area (Å²) in [6.45, 7) is 37.2. The second-order valence-corrected chi connectivity index (χ2v) is 15.2. The summed E-state index contributed by atoms with van der Waals surface area (Å²) in [5, 5.41) is 21.5. The third-order valence-electron chi connectivity index (χ3n) is 7.36. The van der Waals surface area contributed by atoms with Crippen LogP contribution in [0.1, 0.15) is 132 Å². The maximum atomic E-state index is 4.97. The van der Waals surface area contributed by atoms with Crippen molar-refractivity contribution >= 4 is 5.71 Å². The van der Waals surface area contributed by atoms with E-state index in [-0.39, 0.29) is 7.43 Å². The Morgan fingerprint density at radius 2 is 0.775 bits per heavy atom. The number of aryl methyl sites for hydroxylation is 18.